The maximum Gasteiger partial charge on any atom is 0.275 e. The molecule has 1 heterocycles. The number of pyridine rings is 1. The first-order valence-corrected chi connectivity index (χ1v) is 3.64. The summed E-state index contributed by atoms with van der Waals surface area (Å²) in [5.41, 5.74) is 4.77. The largest absolute Gasteiger partial charge is 0.394 e. The van der Waals surface area contributed by atoms with Gasteiger partial charge in [-0.2, -0.15) is 4.39 Å². The number of nitrogen functional groups attached to an aromatic ring is 1. The SMILES string of the molecule is Cn1c(F)c(Br)cc(N)c1=O. The lowest BCUT2D eigenvalue weighted by Gasteiger charge is -2.02. The highest BCUT2D eigenvalue weighted by atomic mass is 79.9. The standard InChI is InChI=1S/C6H6BrFN2O/c1-10-5(8)3(7)2-4(9)6(10)11/h2H,9H2,1H3. The van der Waals surface area contributed by atoms with E-state index < -0.39 is 11.5 Å². The van der Waals surface area contributed by atoms with Crippen molar-refractivity contribution in [2.45, 2.75) is 0 Å². The van der Waals surface area contributed by atoms with Crippen LogP contribution in [-0.2, 0) is 7.05 Å². The van der Waals surface area contributed by atoms with Crippen LogP contribution in [0.25, 0.3) is 0 Å². The summed E-state index contributed by atoms with van der Waals surface area (Å²) in [7, 11) is 1.32. The maximum absolute atomic E-state index is 12.8. The number of nitrogens with zero attached hydrogens (tertiary/aromatic N) is 1. The van der Waals surface area contributed by atoms with E-state index in [1.807, 2.05) is 0 Å². The van der Waals surface area contributed by atoms with E-state index >= 15 is 0 Å². The molecule has 1 rings (SSSR count). The van der Waals surface area contributed by atoms with Gasteiger partial charge in [0.05, 0.1) is 10.2 Å². The molecule has 0 aliphatic carbocycles. The second-order valence-electron chi connectivity index (χ2n) is 2.10. The summed E-state index contributed by atoms with van der Waals surface area (Å²) in [6.07, 6.45) is 0. The fourth-order valence-electron chi connectivity index (χ4n) is 0.701. The van der Waals surface area contributed by atoms with Crippen molar-refractivity contribution in [1.29, 1.82) is 0 Å². The molecule has 0 aromatic carbocycles. The molecule has 0 radical (unpaired) electrons. The van der Waals surface area contributed by atoms with Crippen molar-refractivity contribution in [3.05, 3.63) is 26.8 Å². The van der Waals surface area contributed by atoms with E-state index in [9.17, 15) is 9.18 Å². The van der Waals surface area contributed by atoms with Crippen LogP contribution >= 0.6 is 15.9 Å². The summed E-state index contributed by atoms with van der Waals surface area (Å²) in [5.74, 6) is -0.621. The minimum Gasteiger partial charge on any atom is -0.394 e. The molecule has 0 saturated carbocycles. The Morgan fingerprint density at radius 2 is 2.27 bits per heavy atom. The predicted molar refractivity (Wildman–Crippen MR) is 43.8 cm³/mol. The lowest BCUT2D eigenvalue weighted by molar-refractivity contribution is 0.510. The quantitative estimate of drug-likeness (QED) is 0.660. The first-order chi connectivity index (χ1) is 5.04. The van der Waals surface area contributed by atoms with Crippen molar-refractivity contribution >= 4 is 21.6 Å². The van der Waals surface area contributed by atoms with Gasteiger partial charge in [0.25, 0.3) is 5.56 Å². The average Bonchev–Trinajstić information content (AvgIpc) is 1.97. The molecule has 0 fully saturated rings. The van der Waals surface area contributed by atoms with Crippen LogP contribution in [0.15, 0.2) is 15.3 Å². The highest BCUT2D eigenvalue weighted by molar-refractivity contribution is 9.10. The van der Waals surface area contributed by atoms with Gasteiger partial charge in [0.2, 0.25) is 5.95 Å². The molecule has 0 saturated heterocycles. The molecular weight excluding hydrogens is 215 g/mol. The summed E-state index contributed by atoms with van der Waals surface area (Å²) in [6.45, 7) is 0. The summed E-state index contributed by atoms with van der Waals surface area (Å²) >= 11 is 2.92. The number of rotatable bonds is 0. The van der Waals surface area contributed by atoms with Crippen LogP contribution in [0.3, 0.4) is 0 Å². The van der Waals surface area contributed by atoms with Crippen LogP contribution in [0, 0.1) is 5.95 Å². The Morgan fingerprint density at radius 3 is 2.82 bits per heavy atom. The fraction of sp³-hybridized carbons (Fsp3) is 0.167. The molecule has 0 amide bonds. The molecule has 0 bridgehead atoms. The first kappa shape index (κ1) is 8.26. The molecule has 11 heavy (non-hydrogen) atoms. The van der Waals surface area contributed by atoms with Gasteiger partial charge in [0.15, 0.2) is 0 Å². The van der Waals surface area contributed by atoms with E-state index in [-0.39, 0.29) is 10.2 Å². The van der Waals surface area contributed by atoms with Crippen molar-refractivity contribution in [2.75, 3.05) is 5.73 Å². The van der Waals surface area contributed by atoms with Crippen LogP contribution in [0.5, 0.6) is 0 Å². The van der Waals surface area contributed by atoms with Gasteiger partial charge in [-0.25, -0.2) is 0 Å². The number of anilines is 1. The molecule has 60 valence electrons. The number of halogens is 2. The van der Waals surface area contributed by atoms with Crippen molar-refractivity contribution in [3.8, 4) is 0 Å². The molecule has 0 unspecified atom stereocenters. The third kappa shape index (κ3) is 1.28. The highest BCUT2D eigenvalue weighted by Gasteiger charge is 2.06. The van der Waals surface area contributed by atoms with Gasteiger partial charge in [-0.3, -0.25) is 9.36 Å². The normalized spacial score (nSPS) is 10.1. The lowest BCUT2D eigenvalue weighted by Crippen LogP contribution is -2.22. The minimum absolute atomic E-state index is 0.0285. The van der Waals surface area contributed by atoms with Crippen molar-refractivity contribution in [1.82, 2.24) is 4.57 Å². The van der Waals surface area contributed by atoms with Gasteiger partial charge in [0.1, 0.15) is 0 Å². The van der Waals surface area contributed by atoms with Crippen molar-refractivity contribution in [3.63, 3.8) is 0 Å². The van der Waals surface area contributed by atoms with Gasteiger partial charge in [0, 0.05) is 7.05 Å². The van der Waals surface area contributed by atoms with Crippen LogP contribution in [-0.4, -0.2) is 4.57 Å². The Hall–Kier alpha value is -0.840. The highest BCUT2D eigenvalue weighted by Crippen LogP contribution is 2.13. The minimum atomic E-state index is -0.621. The number of aromatic nitrogens is 1. The van der Waals surface area contributed by atoms with E-state index in [1.165, 1.54) is 13.1 Å². The summed E-state index contributed by atoms with van der Waals surface area (Å²) in [4.78, 5) is 10.9. The second kappa shape index (κ2) is 2.65. The molecule has 0 aliphatic heterocycles. The molecule has 5 heteroatoms. The Morgan fingerprint density at radius 1 is 1.73 bits per heavy atom. The summed E-state index contributed by atoms with van der Waals surface area (Å²) in [5, 5.41) is 0. The van der Waals surface area contributed by atoms with E-state index in [1.54, 1.807) is 0 Å². The molecule has 3 nitrogen and oxygen atoms in total. The molecule has 2 N–H and O–H groups in total. The zero-order valence-corrected chi connectivity index (χ0v) is 7.35. The Kier molecular flexibility index (Phi) is 1.99. The van der Waals surface area contributed by atoms with Gasteiger partial charge < -0.3 is 5.73 Å². The predicted octanol–water partition coefficient (Wildman–Crippen LogP) is 0.869. The van der Waals surface area contributed by atoms with Gasteiger partial charge in [-0.1, -0.05) is 0 Å². The van der Waals surface area contributed by atoms with E-state index in [0.29, 0.717) is 0 Å². The topological polar surface area (TPSA) is 48.0 Å². The summed E-state index contributed by atoms with van der Waals surface area (Å²) < 4.78 is 13.9. The number of hydrogen-bond donors (Lipinski definition) is 1. The lowest BCUT2D eigenvalue weighted by atomic mass is 10.4. The molecule has 0 aliphatic rings. The Bertz CT molecular complexity index is 347. The van der Waals surface area contributed by atoms with Crippen molar-refractivity contribution in [2.24, 2.45) is 7.05 Å². The number of nitrogens with two attached hydrogens (primary N) is 1. The monoisotopic (exact) mass is 220 g/mol. The Labute approximate surface area is 70.8 Å². The number of hydrogen-bond acceptors (Lipinski definition) is 2. The zero-order valence-electron chi connectivity index (χ0n) is 5.77. The second-order valence-corrected chi connectivity index (χ2v) is 2.96. The van der Waals surface area contributed by atoms with E-state index in [0.717, 1.165) is 4.57 Å². The fourth-order valence-corrected chi connectivity index (χ4v) is 1.21. The third-order valence-corrected chi connectivity index (χ3v) is 1.88. The zero-order chi connectivity index (χ0) is 8.59. The third-order valence-electron chi connectivity index (χ3n) is 1.33. The molecule has 1 aromatic rings. The van der Waals surface area contributed by atoms with Gasteiger partial charge in [-0.05, 0) is 22.0 Å². The summed E-state index contributed by atoms with van der Waals surface area (Å²) in [6, 6.07) is 1.25. The molecule has 0 spiro atoms. The van der Waals surface area contributed by atoms with Crippen LogP contribution in [0.2, 0.25) is 0 Å². The van der Waals surface area contributed by atoms with E-state index in [2.05, 4.69) is 15.9 Å². The molecule has 0 atom stereocenters. The van der Waals surface area contributed by atoms with Crippen molar-refractivity contribution < 1.29 is 4.39 Å². The van der Waals surface area contributed by atoms with Gasteiger partial charge >= 0.3 is 0 Å². The maximum atomic E-state index is 12.8. The first-order valence-electron chi connectivity index (χ1n) is 2.84. The molecular formula is C6H6BrFN2O. The Balaban J connectivity index is 3.59. The smallest absolute Gasteiger partial charge is 0.275 e. The van der Waals surface area contributed by atoms with E-state index in [4.69, 9.17) is 5.73 Å². The molecule has 1 aromatic heterocycles. The van der Waals surface area contributed by atoms with Crippen LogP contribution in [0.4, 0.5) is 10.1 Å². The average molecular weight is 221 g/mol. The van der Waals surface area contributed by atoms with Crippen LogP contribution in [0.1, 0.15) is 0 Å². The van der Waals surface area contributed by atoms with Crippen LogP contribution < -0.4 is 11.3 Å². The van der Waals surface area contributed by atoms with Gasteiger partial charge in [-0.15, -0.1) is 0 Å².